The molecule has 2 aromatic rings. The van der Waals surface area contributed by atoms with Gasteiger partial charge in [0.15, 0.2) is 0 Å². The van der Waals surface area contributed by atoms with Crippen molar-refractivity contribution in [3.63, 3.8) is 0 Å². The Balaban J connectivity index is 2.09. The Morgan fingerprint density at radius 1 is 1.47 bits per heavy atom. The molecule has 1 N–H and O–H groups in total. The number of hydrogen-bond acceptors (Lipinski definition) is 4. The molecule has 1 aromatic heterocycles. The van der Waals surface area contributed by atoms with Crippen molar-refractivity contribution < 1.29 is 13.0 Å². The van der Waals surface area contributed by atoms with Gasteiger partial charge in [-0.05, 0) is 18.6 Å². The predicted molar refractivity (Wildman–Crippen MR) is 68.2 cm³/mol. The normalized spacial score (nSPS) is 12.1. The Morgan fingerprint density at radius 3 is 2.94 bits per heavy atom. The molecule has 0 saturated carbocycles. The van der Waals surface area contributed by atoms with E-state index in [4.69, 9.17) is 16.2 Å². The van der Waals surface area contributed by atoms with Crippen molar-refractivity contribution in [3.05, 3.63) is 28.2 Å². The molecule has 1 radical (unpaired) electrons. The van der Waals surface area contributed by atoms with Crippen LogP contribution in [0.1, 0.15) is 11.4 Å². The number of fused-ring (bicyclic) bond motifs is 1. The zero-order valence-corrected chi connectivity index (χ0v) is 11.1. The van der Waals surface area contributed by atoms with E-state index in [1.54, 1.807) is 6.07 Å². The van der Waals surface area contributed by atoms with Crippen molar-refractivity contribution >= 4 is 43.3 Å². The summed E-state index contributed by atoms with van der Waals surface area (Å²) in [6.45, 7) is 0. The minimum absolute atomic E-state index is 0.243. The standard InChI is InChI=1S/C10H9ClNO3S2/c11-7-3-4-9-8(6-7)12-10(16-9)2-1-5-17(13,14)15/h3-4H,1-2,5H2,(H,13,14,15). The van der Waals surface area contributed by atoms with Crippen LogP contribution in [0.15, 0.2) is 12.1 Å². The zero-order chi connectivity index (χ0) is 12.5. The molecule has 1 heterocycles. The molecule has 4 nitrogen and oxygen atoms in total. The third-order valence-electron chi connectivity index (χ3n) is 2.11. The van der Waals surface area contributed by atoms with Gasteiger partial charge in [-0.25, -0.2) is 4.98 Å². The molecule has 0 amide bonds. The van der Waals surface area contributed by atoms with E-state index in [0.29, 0.717) is 23.4 Å². The second kappa shape index (κ2) is 4.89. The van der Waals surface area contributed by atoms with Gasteiger partial charge in [-0.3, -0.25) is 4.55 Å². The monoisotopic (exact) mass is 290 g/mol. The first kappa shape index (κ1) is 12.8. The van der Waals surface area contributed by atoms with Crippen LogP contribution in [0.3, 0.4) is 0 Å². The molecule has 0 aliphatic heterocycles. The summed E-state index contributed by atoms with van der Waals surface area (Å²) in [7, 11) is -3.88. The zero-order valence-electron chi connectivity index (χ0n) is 8.68. The molecule has 0 aliphatic rings. The second-order valence-electron chi connectivity index (χ2n) is 3.52. The highest BCUT2D eigenvalue weighted by Crippen LogP contribution is 2.25. The fourth-order valence-electron chi connectivity index (χ4n) is 1.40. The summed E-state index contributed by atoms with van der Waals surface area (Å²) < 4.78 is 30.7. The van der Waals surface area contributed by atoms with Crippen LogP contribution in [0, 0.1) is 6.07 Å². The topological polar surface area (TPSA) is 67.3 Å². The van der Waals surface area contributed by atoms with Crippen LogP contribution in [0.4, 0.5) is 0 Å². The Hall–Kier alpha value is -0.690. The van der Waals surface area contributed by atoms with Crippen molar-refractivity contribution in [3.8, 4) is 0 Å². The molecule has 1 aromatic carbocycles. The highest BCUT2D eigenvalue weighted by Gasteiger charge is 2.08. The van der Waals surface area contributed by atoms with Gasteiger partial charge in [0.25, 0.3) is 10.1 Å². The van der Waals surface area contributed by atoms with E-state index in [2.05, 4.69) is 11.1 Å². The molecule has 0 saturated heterocycles. The molecule has 0 aliphatic carbocycles. The van der Waals surface area contributed by atoms with Gasteiger partial charge in [-0.1, -0.05) is 11.6 Å². The number of halogens is 1. The maximum absolute atomic E-state index is 10.6. The van der Waals surface area contributed by atoms with Gasteiger partial charge in [0.1, 0.15) is 0 Å². The van der Waals surface area contributed by atoms with Gasteiger partial charge in [0.2, 0.25) is 0 Å². The minimum Gasteiger partial charge on any atom is -0.286 e. The Bertz CT molecular complexity index is 636. The molecule has 0 fully saturated rings. The maximum atomic E-state index is 10.6. The van der Waals surface area contributed by atoms with E-state index in [-0.39, 0.29) is 5.75 Å². The summed E-state index contributed by atoms with van der Waals surface area (Å²) in [4.78, 5) is 4.30. The number of rotatable bonds is 4. The first-order valence-electron chi connectivity index (χ1n) is 4.86. The third-order valence-corrected chi connectivity index (χ3v) is 4.21. The number of aryl methyl sites for hydroxylation is 1. The van der Waals surface area contributed by atoms with Crippen LogP contribution in [-0.2, 0) is 16.5 Å². The molecule has 2 rings (SSSR count). The fraction of sp³-hybridized carbons (Fsp3) is 0.300. The first-order chi connectivity index (χ1) is 7.94. The summed E-state index contributed by atoms with van der Waals surface area (Å²) in [5.41, 5.74) is 0.698. The molecule has 91 valence electrons. The van der Waals surface area contributed by atoms with Gasteiger partial charge < -0.3 is 0 Å². The van der Waals surface area contributed by atoms with Gasteiger partial charge in [-0.2, -0.15) is 8.42 Å². The third kappa shape index (κ3) is 3.64. The Labute approximate surface area is 108 Å². The molecule has 0 spiro atoms. The van der Waals surface area contributed by atoms with Crippen LogP contribution in [-0.4, -0.2) is 23.7 Å². The van der Waals surface area contributed by atoms with Gasteiger partial charge in [0.05, 0.1) is 26.0 Å². The predicted octanol–water partition coefficient (Wildman–Crippen LogP) is 2.57. The summed E-state index contributed by atoms with van der Waals surface area (Å²) in [6, 6.07) is 6.51. The van der Waals surface area contributed by atoms with E-state index in [9.17, 15) is 8.42 Å². The Kier molecular flexibility index (Phi) is 3.67. The number of thiazole rings is 1. The van der Waals surface area contributed by atoms with Crippen LogP contribution in [0.5, 0.6) is 0 Å². The lowest BCUT2D eigenvalue weighted by Gasteiger charge is -1.94. The summed E-state index contributed by atoms with van der Waals surface area (Å²) >= 11 is 7.27. The fourth-order valence-corrected chi connectivity index (χ4v) is 3.02. The molecular formula is C10H9ClNO3S2. The lowest BCUT2D eigenvalue weighted by Crippen LogP contribution is -2.04. The molecule has 0 atom stereocenters. The van der Waals surface area contributed by atoms with Crippen molar-refractivity contribution in [2.45, 2.75) is 12.8 Å². The van der Waals surface area contributed by atoms with Gasteiger partial charge >= 0.3 is 0 Å². The van der Waals surface area contributed by atoms with E-state index in [1.165, 1.54) is 11.3 Å². The average Bonchev–Trinajstić information content (AvgIpc) is 2.57. The highest BCUT2D eigenvalue weighted by molar-refractivity contribution is 7.85. The lowest BCUT2D eigenvalue weighted by atomic mass is 10.3. The average molecular weight is 291 g/mol. The van der Waals surface area contributed by atoms with Crippen molar-refractivity contribution in [1.82, 2.24) is 4.98 Å². The van der Waals surface area contributed by atoms with Crippen LogP contribution >= 0.6 is 22.9 Å². The molecule has 0 bridgehead atoms. The molecule has 7 heteroatoms. The first-order valence-corrected chi connectivity index (χ1v) is 7.67. The summed E-state index contributed by atoms with van der Waals surface area (Å²) in [6.07, 6.45) is 0.872. The largest absolute Gasteiger partial charge is 0.286 e. The maximum Gasteiger partial charge on any atom is 0.264 e. The van der Waals surface area contributed by atoms with Crippen LogP contribution in [0.2, 0.25) is 5.02 Å². The van der Waals surface area contributed by atoms with Crippen molar-refractivity contribution in [1.29, 1.82) is 0 Å². The molecule has 17 heavy (non-hydrogen) atoms. The number of nitrogens with zero attached hydrogens (tertiary/aromatic N) is 1. The number of aromatic nitrogens is 1. The van der Waals surface area contributed by atoms with Crippen LogP contribution < -0.4 is 0 Å². The van der Waals surface area contributed by atoms with E-state index >= 15 is 0 Å². The van der Waals surface area contributed by atoms with Gasteiger partial charge in [-0.15, -0.1) is 11.3 Å². The minimum atomic E-state index is -3.88. The lowest BCUT2D eigenvalue weighted by molar-refractivity contribution is 0.481. The van der Waals surface area contributed by atoms with Crippen molar-refractivity contribution in [2.75, 3.05) is 5.75 Å². The summed E-state index contributed by atoms with van der Waals surface area (Å²) in [5, 5.41) is 1.33. The molecular weight excluding hydrogens is 282 g/mol. The quantitative estimate of drug-likeness (QED) is 0.879. The number of benzene rings is 1. The smallest absolute Gasteiger partial charge is 0.264 e. The van der Waals surface area contributed by atoms with E-state index in [0.717, 1.165) is 9.71 Å². The highest BCUT2D eigenvalue weighted by atomic mass is 35.5. The van der Waals surface area contributed by atoms with Gasteiger partial charge in [0, 0.05) is 12.5 Å². The molecule has 0 unspecified atom stereocenters. The number of hydrogen-bond donors (Lipinski definition) is 1. The van der Waals surface area contributed by atoms with Crippen molar-refractivity contribution in [2.24, 2.45) is 0 Å². The summed E-state index contributed by atoms with van der Waals surface area (Å²) in [5.74, 6) is -0.243. The van der Waals surface area contributed by atoms with E-state index in [1.807, 2.05) is 6.07 Å². The second-order valence-corrected chi connectivity index (χ2v) is 6.61. The van der Waals surface area contributed by atoms with E-state index < -0.39 is 10.1 Å². The SMILES string of the molecule is O=S(=O)(O)CCCc1nc2[c]c(Cl)ccc2s1. The Morgan fingerprint density at radius 2 is 2.24 bits per heavy atom. The van der Waals surface area contributed by atoms with Crippen LogP contribution in [0.25, 0.3) is 10.2 Å².